The summed E-state index contributed by atoms with van der Waals surface area (Å²) < 4.78 is 62.4. The Kier molecular flexibility index (Phi) is 3.78. The Balaban J connectivity index is 3.47. The molecule has 0 bridgehead atoms. The monoisotopic (exact) mass is 331 g/mol. The van der Waals surface area contributed by atoms with Crippen LogP contribution in [0.15, 0.2) is 16.6 Å². The highest BCUT2D eigenvalue weighted by atomic mass is 79.9. The summed E-state index contributed by atoms with van der Waals surface area (Å²) in [4.78, 5) is 0. The molecule has 1 aromatic carbocycles. The predicted molar refractivity (Wildman–Crippen MR) is 62.3 cm³/mol. The highest BCUT2D eigenvalue weighted by Crippen LogP contribution is 2.38. The molecule has 0 fully saturated rings. The summed E-state index contributed by atoms with van der Waals surface area (Å²) in [7, 11) is -3.76. The zero-order valence-corrected chi connectivity index (χ0v) is 11.3. The van der Waals surface area contributed by atoms with Gasteiger partial charge in [0.05, 0.1) is 17.5 Å². The maximum atomic E-state index is 12.7. The number of sulfonamides is 1. The number of halogens is 4. The summed E-state index contributed by atoms with van der Waals surface area (Å²) >= 11 is 2.94. The summed E-state index contributed by atoms with van der Waals surface area (Å²) in [5.41, 5.74) is -1.27. The Morgan fingerprint density at radius 2 is 1.82 bits per heavy atom. The van der Waals surface area contributed by atoms with Crippen LogP contribution >= 0.6 is 15.9 Å². The number of hydrogen-bond acceptors (Lipinski definition) is 2. The first kappa shape index (κ1) is 14.3. The number of alkyl halides is 3. The second-order valence-electron chi connectivity index (χ2n) is 3.52. The molecule has 0 aromatic heterocycles. The largest absolute Gasteiger partial charge is 0.418 e. The summed E-state index contributed by atoms with van der Waals surface area (Å²) in [6.07, 6.45) is -3.82. The number of aryl methyl sites for hydroxylation is 1. The van der Waals surface area contributed by atoms with Crippen molar-refractivity contribution >= 4 is 31.6 Å². The molecule has 0 saturated carbocycles. The van der Waals surface area contributed by atoms with Crippen LogP contribution in [0.3, 0.4) is 0 Å². The van der Waals surface area contributed by atoms with Crippen LogP contribution < -0.4 is 4.72 Å². The summed E-state index contributed by atoms with van der Waals surface area (Å²) in [5, 5.41) is 0. The van der Waals surface area contributed by atoms with Crippen LogP contribution in [-0.4, -0.2) is 14.7 Å². The molecule has 8 heteroatoms. The van der Waals surface area contributed by atoms with Gasteiger partial charge in [0, 0.05) is 4.47 Å². The second kappa shape index (κ2) is 4.49. The van der Waals surface area contributed by atoms with Crippen molar-refractivity contribution < 1.29 is 21.6 Å². The minimum atomic E-state index is -4.62. The first-order valence-corrected chi connectivity index (χ1v) is 7.04. The van der Waals surface area contributed by atoms with Gasteiger partial charge < -0.3 is 0 Å². The molecule has 0 heterocycles. The van der Waals surface area contributed by atoms with E-state index in [-0.39, 0.29) is 10.0 Å². The Bertz CT molecular complexity index is 540. The molecule has 0 aliphatic rings. The fourth-order valence-electron chi connectivity index (χ4n) is 1.29. The SMILES string of the molecule is Cc1cc(Br)cc(C(F)(F)F)c1NS(C)(=O)=O. The van der Waals surface area contributed by atoms with E-state index in [9.17, 15) is 21.6 Å². The predicted octanol–water partition coefficient (Wildman–Crippen LogP) is 3.15. The Labute approximate surface area is 105 Å². The highest BCUT2D eigenvalue weighted by molar-refractivity contribution is 9.10. The van der Waals surface area contributed by atoms with E-state index in [0.717, 1.165) is 12.3 Å². The van der Waals surface area contributed by atoms with Gasteiger partial charge in [-0.3, -0.25) is 4.72 Å². The molecular weight excluding hydrogens is 323 g/mol. The molecule has 96 valence electrons. The van der Waals surface area contributed by atoms with Gasteiger partial charge in [-0.2, -0.15) is 13.2 Å². The van der Waals surface area contributed by atoms with E-state index < -0.39 is 27.5 Å². The van der Waals surface area contributed by atoms with Gasteiger partial charge in [-0.15, -0.1) is 0 Å². The summed E-state index contributed by atoms with van der Waals surface area (Å²) in [5.74, 6) is 0. The highest BCUT2D eigenvalue weighted by Gasteiger charge is 2.35. The topological polar surface area (TPSA) is 46.2 Å². The van der Waals surface area contributed by atoms with Crippen molar-refractivity contribution in [3.8, 4) is 0 Å². The molecule has 17 heavy (non-hydrogen) atoms. The Hall–Kier alpha value is -0.760. The molecule has 0 radical (unpaired) electrons. The van der Waals surface area contributed by atoms with E-state index in [1.807, 2.05) is 4.72 Å². The van der Waals surface area contributed by atoms with E-state index in [2.05, 4.69) is 15.9 Å². The second-order valence-corrected chi connectivity index (χ2v) is 6.18. The Morgan fingerprint density at radius 1 is 1.29 bits per heavy atom. The third-order valence-corrected chi connectivity index (χ3v) is 2.93. The zero-order valence-electron chi connectivity index (χ0n) is 8.89. The number of rotatable bonds is 2. The van der Waals surface area contributed by atoms with Gasteiger partial charge >= 0.3 is 6.18 Å². The third-order valence-electron chi connectivity index (χ3n) is 1.89. The fraction of sp³-hybridized carbons (Fsp3) is 0.333. The number of benzene rings is 1. The van der Waals surface area contributed by atoms with Crippen molar-refractivity contribution in [2.45, 2.75) is 13.1 Å². The first-order chi connectivity index (χ1) is 7.50. The molecular formula is C9H9BrF3NO2S. The van der Waals surface area contributed by atoms with Crippen LogP contribution in [0.4, 0.5) is 18.9 Å². The Morgan fingerprint density at radius 3 is 2.24 bits per heavy atom. The van der Waals surface area contributed by atoms with Crippen molar-refractivity contribution in [2.24, 2.45) is 0 Å². The van der Waals surface area contributed by atoms with Crippen LogP contribution in [0, 0.1) is 6.92 Å². The number of hydrogen-bond donors (Lipinski definition) is 1. The molecule has 0 saturated heterocycles. The normalized spacial score (nSPS) is 12.6. The van der Waals surface area contributed by atoms with Crippen molar-refractivity contribution in [3.63, 3.8) is 0 Å². The number of nitrogens with one attached hydrogen (secondary N) is 1. The zero-order chi connectivity index (χ0) is 13.4. The van der Waals surface area contributed by atoms with E-state index in [1.54, 1.807) is 0 Å². The lowest BCUT2D eigenvalue weighted by Crippen LogP contribution is -2.16. The first-order valence-electron chi connectivity index (χ1n) is 4.36. The van der Waals surface area contributed by atoms with Crippen LogP contribution in [0.1, 0.15) is 11.1 Å². The van der Waals surface area contributed by atoms with Gasteiger partial charge in [0.1, 0.15) is 0 Å². The standard InChI is InChI=1S/C9H9BrF3NO2S/c1-5-3-6(10)4-7(9(11,12)13)8(5)14-17(2,15)16/h3-4,14H,1-2H3. The lowest BCUT2D eigenvalue weighted by molar-refractivity contribution is -0.137. The molecule has 0 spiro atoms. The molecule has 1 N–H and O–H groups in total. The van der Waals surface area contributed by atoms with Gasteiger partial charge in [-0.25, -0.2) is 8.42 Å². The molecule has 0 amide bonds. The lowest BCUT2D eigenvalue weighted by Gasteiger charge is -2.16. The van der Waals surface area contributed by atoms with Crippen molar-refractivity contribution in [1.29, 1.82) is 0 Å². The molecule has 3 nitrogen and oxygen atoms in total. The quantitative estimate of drug-likeness (QED) is 0.904. The van der Waals surface area contributed by atoms with E-state index in [1.165, 1.54) is 13.0 Å². The van der Waals surface area contributed by atoms with Crippen LogP contribution in [0.2, 0.25) is 0 Å². The maximum Gasteiger partial charge on any atom is 0.418 e. The summed E-state index contributed by atoms with van der Waals surface area (Å²) in [6, 6.07) is 2.24. The molecule has 0 aliphatic carbocycles. The molecule has 0 unspecified atom stereocenters. The molecule has 1 rings (SSSR count). The van der Waals surface area contributed by atoms with Crippen molar-refractivity contribution in [1.82, 2.24) is 0 Å². The van der Waals surface area contributed by atoms with Crippen molar-refractivity contribution in [3.05, 3.63) is 27.7 Å². The van der Waals surface area contributed by atoms with Crippen LogP contribution in [0.25, 0.3) is 0 Å². The van der Waals surface area contributed by atoms with Crippen LogP contribution in [0.5, 0.6) is 0 Å². The van der Waals surface area contributed by atoms with Gasteiger partial charge in [0.25, 0.3) is 0 Å². The molecule has 1 aromatic rings. The summed E-state index contributed by atoms with van der Waals surface area (Å²) in [6.45, 7) is 1.40. The average molecular weight is 332 g/mol. The van der Waals surface area contributed by atoms with E-state index in [4.69, 9.17) is 0 Å². The van der Waals surface area contributed by atoms with E-state index >= 15 is 0 Å². The van der Waals surface area contributed by atoms with Gasteiger partial charge in [0.2, 0.25) is 10.0 Å². The fourth-order valence-corrected chi connectivity index (χ4v) is 2.50. The average Bonchev–Trinajstić information content (AvgIpc) is 2.05. The van der Waals surface area contributed by atoms with Gasteiger partial charge in [-0.1, -0.05) is 15.9 Å². The lowest BCUT2D eigenvalue weighted by atomic mass is 10.1. The maximum absolute atomic E-state index is 12.7. The van der Waals surface area contributed by atoms with Gasteiger partial charge in [-0.05, 0) is 24.6 Å². The smallest absolute Gasteiger partial charge is 0.283 e. The third kappa shape index (κ3) is 3.88. The minimum Gasteiger partial charge on any atom is -0.283 e. The van der Waals surface area contributed by atoms with Crippen LogP contribution in [-0.2, 0) is 16.2 Å². The number of anilines is 1. The van der Waals surface area contributed by atoms with Gasteiger partial charge in [0.15, 0.2) is 0 Å². The molecule has 0 aliphatic heterocycles. The minimum absolute atomic E-state index is 0.192. The molecule has 0 atom stereocenters. The van der Waals surface area contributed by atoms with Crippen molar-refractivity contribution in [2.75, 3.05) is 11.0 Å². The van der Waals surface area contributed by atoms with E-state index in [0.29, 0.717) is 0 Å².